The predicted molar refractivity (Wildman–Crippen MR) is 75.1 cm³/mol. The van der Waals surface area contributed by atoms with Crippen LogP contribution >= 0.6 is 0 Å². The van der Waals surface area contributed by atoms with Gasteiger partial charge < -0.3 is 10.1 Å². The highest BCUT2D eigenvalue weighted by atomic mass is 16.5. The molecule has 0 amide bonds. The SMILES string of the molecule is COc1ccccc1C(=O)c1ccc2c(c1)CCN2. The largest absolute Gasteiger partial charge is 0.496 e. The van der Waals surface area contributed by atoms with Crippen LogP contribution in [0.1, 0.15) is 21.5 Å². The fraction of sp³-hybridized carbons (Fsp3) is 0.188. The molecular formula is C16H15NO2. The fourth-order valence-electron chi connectivity index (χ4n) is 2.43. The van der Waals surface area contributed by atoms with Gasteiger partial charge in [-0.3, -0.25) is 4.79 Å². The minimum absolute atomic E-state index is 0.00662. The summed E-state index contributed by atoms with van der Waals surface area (Å²) in [5.74, 6) is 0.623. The number of benzene rings is 2. The number of anilines is 1. The smallest absolute Gasteiger partial charge is 0.196 e. The first-order valence-electron chi connectivity index (χ1n) is 6.34. The Labute approximate surface area is 112 Å². The second-order valence-corrected chi connectivity index (χ2v) is 4.58. The van der Waals surface area contributed by atoms with Gasteiger partial charge in [-0.1, -0.05) is 12.1 Å². The van der Waals surface area contributed by atoms with Crippen molar-refractivity contribution in [3.8, 4) is 5.75 Å². The first kappa shape index (κ1) is 11.8. The van der Waals surface area contributed by atoms with E-state index in [4.69, 9.17) is 4.74 Å². The molecule has 0 saturated carbocycles. The third-order valence-corrected chi connectivity index (χ3v) is 3.43. The van der Waals surface area contributed by atoms with Gasteiger partial charge in [0.05, 0.1) is 12.7 Å². The van der Waals surface area contributed by atoms with Crippen molar-refractivity contribution >= 4 is 11.5 Å². The maximum atomic E-state index is 12.5. The van der Waals surface area contributed by atoms with E-state index in [-0.39, 0.29) is 5.78 Å². The molecule has 0 spiro atoms. The van der Waals surface area contributed by atoms with E-state index in [2.05, 4.69) is 5.32 Å². The molecule has 1 N–H and O–H groups in total. The van der Waals surface area contributed by atoms with Crippen LogP contribution in [0, 0.1) is 0 Å². The molecule has 2 aromatic rings. The molecule has 0 fully saturated rings. The first-order chi connectivity index (χ1) is 9.29. The van der Waals surface area contributed by atoms with Crippen molar-refractivity contribution in [3.63, 3.8) is 0 Å². The molecule has 0 saturated heterocycles. The highest BCUT2D eigenvalue weighted by Gasteiger charge is 2.17. The van der Waals surface area contributed by atoms with Gasteiger partial charge in [0.1, 0.15) is 5.75 Å². The van der Waals surface area contributed by atoms with Crippen LogP contribution in [0.4, 0.5) is 5.69 Å². The van der Waals surface area contributed by atoms with E-state index < -0.39 is 0 Å². The number of ketones is 1. The third kappa shape index (κ3) is 2.08. The summed E-state index contributed by atoms with van der Waals surface area (Å²) >= 11 is 0. The van der Waals surface area contributed by atoms with E-state index in [1.807, 2.05) is 36.4 Å². The number of rotatable bonds is 3. The molecule has 0 bridgehead atoms. The molecule has 0 unspecified atom stereocenters. The predicted octanol–water partition coefficient (Wildman–Crippen LogP) is 2.89. The van der Waals surface area contributed by atoms with Gasteiger partial charge in [0.15, 0.2) is 5.78 Å². The standard InChI is InChI=1S/C16H15NO2/c1-19-15-5-3-2-4-13(15)16(18)12-6-7-14-11(10-12)8-9-17-14/h2-7,10,17H,8-9H2,1H3. The lowest BCUT2D eigenvalue weighted by molar-refractivity contribution is 0.103. The van der Waals surface area contributed by atoms with Gasteiger partial charge in [-0.15, -0.1) is 0 Å². The Bertz CT molecular complexity index is 634. The molecule has 3 rings (SSSR count). The summed E-state index contributed by atoms with van der Waals surface area (Å²) in [6, 6.07) is 13.1. The summed E-state index contributed by atoms with van der Waals surface area (Å²) in [7, 11) is 1.58. The number of carbonyl (C=O) groups is 1. The monoisotopic (exact) mass is 253 g/mol. The number of carbonyl (C=O) groups excluding carboxylic acids is 1. The van der Waals surface area contributed by atoms with Crippen molar-refractivity contribution in [3.05, 3.63) is 59.2 Å². The molecule has 0 aromatic heterocycles. The Balaban J connectivity index is 2.00. The van der Waals surface area contributed by atoms with Crippen LogP contribution in [0.5, 0.6) is 5.75 Å². The summed E-state index contributed by atoms with van der Waals surface area (Å²) in [4.78, 5) is 12.5. The van der Waals surface area contributed by atoms with E-state index in [1.165, 1.54) is 5.56 Å². The molecule has 19 heavy (non-hydrogen) atoms. The average Bonchev–Trinajstić information content (AvgIpc) is 2.93. The molecule has 96 valence electrons. The van der Waals surface area contributed by atoms with Crippen LogP contribution in [0.15, 0.2) is 42.5 Å². The van der Waals surface area contributed by atoms with E-state index >= 15 is 0 Å². The van der Waals surface area contributed by atoms with Gasteiger partial charge in [-0.05, 0) is 42.3 Å². The van der Waals surface area contributed by atoms with Crippen LogP contribution in [0.3, 0.4) is 0 Å². The van der Waals surface area contributed by atoms with Crippen molar-refractivity contribution in [2.75, 3.05) is 19.0 Å². The number of methoxy groups -OCH3 is 1. The number of hydrogen-bond donors (Lipinski definition) is 1. The zero-order valence-corrected chi connectivity index (χ0v) is 10.8. The summed E-state index contributed by atoms with van der Waals surface area (Å²) in [5.41, 5.74) is 3.67. The van der Waals surface area contributed by atoms with Crippen molar-refractivity contribution < 1.29 is 9.53 Å². The first-order valence-corrected chi connectivity index (χ1v) is 6.34. The minimum atomic E-state index is 0.00662. The summed E-state index contributed by atoms with van der Waals surface area (Å²) < 4.78 is 5.25. The minimum Gasteiger partial charge on any atom is -0.496 e. The maximum absolute atomic E-state index is 12.5. The van der Waals surface area contributed by atoms with E-state index in [1.54, 1.807) is 13.2 Å². The molecule has 1 aliphatic rings. The Morgan fingerprint density at radius 2 is 2.05 bits per heavy atom. The molecule has 1 aliphatic heterocycles. The highest BCUT2D eigenvalue weighted by molar-refractivity contribution is 6.11. The van der Waals surface area contributed by atoms with Gasteiger partial charge in [-0.2, -0.15) is 0 Å². The van der Waals surface area contributed by atoms with Gasteiger partial charge in [0.2, 0.25) is 0 Å². The number of hydrogen-bond acceptors (Lipinski definition) is 3. The van der Waals surface area contributed by atoms with Crippen LogP contribution in [-0.2, 0) is 6.42 Å². The molecular weight excluding hydrogens is 238 g/mol. The Morgan fingerprint density at radius 1 is 1.21 bits per heavy atom. The van der Waals surface area contributed by atoms with Crippen LogP contribution in [0.25, 0.3) is 0 Å². The lowest BCUT2D eigenvalue weighted by atomic mass is 9.99. The average molecular weight is 253 g/mol. The summed E-state index contributed by atoms with van der Waals surface area (Å²) in [6.45, 7) is 0.946. The maximum Gasteiger partial charge on any atom is 0.196 e. The van der Waals surface area contributed by atoms with Crippen molar-refractivity contribution in [1.29, 1.82) is 0 Å². The second-order valence-electron chi connectivity index (χ2n) is 4.58. The van der Waals surface area contributed by atoms with Crippen LogP contribution in [-0.4, -0.2) is 19.4 Å². The number of ether oxygens (including phenoxy) is 1. The quantitative estimate of drug-likeness (QED) is 0.855. The van der Waals surface area contributed by atoms with E-state index in [0.717, 1.165) is 18.7 Å². The number of para-hydroxylation sites is 1. The molecule has 2 aromatic carbocycles. The summed E-state index contributed by atoms with van der Waals surface area (Å²) in [6.07, 6.45) is 0.975. The number of fused-ring (bicyclic) bond motifs is 1. The zero-order chi connectivity index (χ0) is 13.2. The van der Waals surface area contributed by atoms with Gasteiger partial charge >= 0.3 is 0 Å². The number of nitrogens with one attached hydrogen (secondary N) is 1. The fourth-order valence-corrected chi connectivity index (χ4v) is 2.43. The van der Waals surface area contributed by atoms with Crippen molar-refractivity contribution in [2.45, 2.75) is 6.42 Å². The third-order valence-electron chi connectivity index (χ3n) is 3.43. The van der Waals surface area contributed by atoms with Gasteiger partial charge in [-0.25, -0.2) is 0 Å². The molecule has 3 nitrogen and oxygen atoms in total. The topological polar surface area (TPSA) is 38.3 Å². The molecule has 1 heterocycles. The van der Waals surface area contributed by atoms with Crippen molar-refractivity contribution in [1.82, 2.24) is 0 Å². The van der Waals surface area contributed by atoms with E-state index in [9.17, 15) is 4.79 Å². The molecule has 0 radical (unpaired) electrons. The molecule has 0 atom stereocenters. The van der Waals surface area contributed by atoms with Crippen LogP contribution in [0.2, 0.25) is 0 Å². The second kappa shape index (κ2) is 4.76. The zero-order valence-electron chi connectivity index (χ0n) is 10.8. The lowest BCUT2D eigenvalue weighted by Crippen LogP contribution is -2.04. The highest BCUT2D eigenvalue weighted by Crippen LogP contribution is 2.26. The van der Waals surface area contributed by atoms with Gasteiger partial charge in [0.25, 0.3) is 0 Å². The lowest BCUT2D eigenvalue weighted by Gasteiger charge is -2.08. The normalized spacial score (nSPS) is 12.7. The Hall–Kier alpha value is -2.29. The summed E-state index contributed by atoms with van der Waals surface area (Å²) in [5, 5.41) is 3.29. The van der Waals surface area contributed by atoms with Crippen molar-refractivity contribution in [2.24, 2.45) is 0 Å². The van der Waals surface area contributed by atoms with Gasteiger partial charge in [0, 0.05) is 17.8 Å². The van der Waals surface area contributed by atoms with E-state index in [0.29, 0.717) is 16.9 Å². The Kier molecular flexibility index (Phi) is 2.95. The molecule has 3 heteroatoms. The molecule has 0 aliphatic carbocycles. The Morgan fingerprint density at radius 3 is 2.89 bits per heavy atom. The van der Waals surface area contributed by atoms with Crippen LogP contribution < -0.4 is 10.1 Å².